The van der Waals surface area contributed by atoms with Gasteiger partial charge in [0.25, 0.3) is 5.91 Å². The molecule has 2 N–H and O–H groups in total. The molecule has 2 bridgehead atoms. The summed E-state index contributed by atoms with van der Waals surface area (Å²) in [4.78, 5) is 37.9. The number of alkyl halides is 3. The molecule has 46 heavy (non-hydrogen) atoms. The van der Waals surface area contributed by atoms with Gasteiger partial charge in [0.15, 0.2) is 0 Å². The number of amides is 2. The fourth-order valence-electron chi connectivity index (χ4n) is 7.61. The number of benzene rings is 1. The van der Waals surface area contributed by atoms with Gasteiger partial charge in [0, 0.05) is 53.6 Å². The molecule has 0 saturated carbocycles. The van der Waals surface area contributed by atoms with E-state index in [9.17, 15) is 31.2 Å². The summed E-state index contributed by atoms with van der Waals surface area (Å²) in [6, 6.07) is 2.30. The van der Waals surface area contributed by atoms with Crippen molar-refractivity contribution in [3.8, 4) is 0 Å². The van der Waals surface area contributed by atoms with Gasteiger partial charge in [-0.15, -0.1) is 0 Å². The lowest BCUT2D eigenvalue weighted by molar-refractivity contribution is -0.136. The first-order valence-electron chi connectivity index (χ1n) is 15.5. The Kier molecular flexibility index (Phi) is 9.18. The van der Waals surface area contributed by atoms with E-state index in [1.807, 2.05) is 4.90 Å². The molecular weight excluding hydrogens is 645 g/mol. The third kappa shape index (κ3) is 6.80. The zero-order chi connectivity index (χ0) is 32.8. The van der Waals surface area contributed by atoms with E-state index in [-0.39, 0.29) is 52.7 Å². The van der Waals surface area contributed by atoms with Gasteiger partial charge in [-0.1, -0.05) is 11.6 Å². The Balaban J connectivity index is 1.16. The van der Waals surface area contributed by atoms with Crippen molar-refractivity contribution in [2.45, 2.75) is 75.7 Å². The molecule has 1 aromatic heterocycles. The molecule has 4 aliphatic heterocycles. The number of anilines is 1. The number of fused-ring (bicyclic) bond motifs is 3. The van der Waals surface area contributed by atoms with Crippen LogP contribution in [-0.4, -0.2) is 89.1 Å². The summed E-state index contributed by atoms with van der Waals surface area (Å²) in [5.74, 6) is -1.03. The van der Waals surface area contributed by atoms with Crippen molar-refractivity contribution >= 4 is 50.8 Å². The number of carbonyl (C=O) groups excluding carboxylic acids is 2. The molecule has 248 valence electrons. The van der Waals surface area contributed by atoms with E-state index >= 15 is 0 Å². The number of nitrogens with zero attached hydrogens (tertiary/aromatic N) is 5. The lowest BCUT2D eigenvalue weighted by Gasteiger charge is -2.42. The predicted molar refractivity (Wildman–Crippen MR) is 167 cm³/mol. The number of rotatable bonds is 9. The van der Waals surface area contributed by atoms with Crippen LogP contribution in [0.4, 0.5) is 18.9 Å². The molecule has 15 heteroatoms. The van der Waals surface area contributed by atoms with Crippen LogP contribution >= 0.6 is 11.6 Å². The highest BCUT2D eigenvalue weighted by Crippen LogP contribution is 2.47. The van der Waals surface area contributed by atoms with Crippen molar-refractivity contribution in [2.24, 2.45) is 11.7 Å². The second-order valence-electron chi connectivity index (χ2n) is 12.7. The van der Waals surface area contributed by atoms with Gasteiger partial charge in [-0.2, -0.15) is 17.5 Å². The number of hydrogen-bond acceptors (Lipinski definition) is 7. The molecule has 0 radical (unpaired) electrons. The summed E-state index contributed by atoms with van der Waals surface area (Å²) in [5, 5.41) is 0.128. The molecule has 4 aliphatic rings. The molecule has 2 atom stereocenters. The third-order valence-corrected chi connectivity index (χ3v) is 12.1. The quantitative estimate of drug-likeness (QED) is 0.386. The number of piperidine rings is 2. The molecular formula is C31H36ClF3N6O4S. The van der Waals surface area contributed by atoms with Crippen molar-refractivity contribution < 1.29 is 31.2 Å². The standard InChI is InChI=1S/C31H36ClF3N6O4S/c32-27-14-28-24(13-26(27)29(36)42)25(10-20-15-37-18-38-16-20)30(43)40(28)23-11-21-2-3-22(12-23)41(21)46(44,45)17-19-4-8-39(9-5-19)7-1-6-31(33,34)35/h10,13-16,18-19,21-23H,1-9,11-12,17H2,(H2,36,42)/b25-10-. The highest BCUT2D eigenvalue weighted by molar-refractivity contribution is 7.89. The molecule has 2 aromatic rings. The summed E-state index contributed by atoms with van der Waals surface area (Å²) in [7, 11) is -3.60. The molecule has 6 rings (SSSR count). The largest absolute Gasteiger partial charge is 0.389 e. The predicted octanol–water partition coefficient (Wildman–Crippen LogP) is 4.50. The number of nitrogens with two attached hydrogens (primary N) is 1. The maximum atomic E-state index is 14.0. The molecule has 1 aromatic carbocycles. The first-order chi connectivity index (χ1) is 21.8. The fraction of sp³-hybridized carbons (Fsp3) is 0.548. The molecule has 10 nitrogen and oxygen atoms in total. The highest BCUT2D eigenvalue weighted by Gasteiger charge is 2.50. The van der Waals surface area contributed by atoms with Crippen LogP contribution in [-0.2, 0) is 14.8 Å². The van der Waals surface area contributed by atoms with Crippen molar-refractivity contribution in [2.75, 3.05) is 30.3 Å². The van der Waals surface area contributed by atoms with E-state index in [1.165, 1.54) is 12.4 Å². The van der Waals surface area contributed by atoms with E-state index in [0.717, 1.165) is 0 Å². The first-order valence-corrected chi connectivity index (χ1v) is 17.5. The third-order valence-electron chi connectivity index (χ3n) is 9.66. The van der Waals surface area contributed by atoms with Gasteiger partial charge in [0.05, 0.1) is 22.0 Å². The molecule has 3 saturated heterocycles. The number of aromatic nitrogens is 2. The SMILES string of the molecule is NC(=O)c1cc2c(cc1Cl)N(C1CC3CCC(C1)N3S(=O)(=O)CC1CCN(CCCC(F)(F)F)CC1)C(=O)/C2=C\c1cncnc1. The van der Waals surface area contributed by atoms with Crippen LogP contribution in [0.25, 0.3) is 11.6 Å². The Morgan fingerprint density at radius 1 is 1.04 bits per heavy atom. The first kappa shape index (κ1) is 32.9. The van der Waals surface area contributed by atoms with Crippen molar-refractivity contribution in [3.63, 3.8) is 0 Å². The second-order valence-corrected chi connectivity index (χ2v) is 15.1. The second kappa shape index (κ2) is 12.9. The van der Waals surface area contributed by atoms with Crippen LogP contribution in [0, 0.1) is 5.92 Å². The molecule has 0 spiro atoms. The van der Waals surface area contributed by atoms with E-state index in [0.29, 0.717) is 80.5 Å². The minimum atomic E-state index is -4.16. The maximum Gasteiger partial charge on any atom is 0.389 e. The Labute approximate surface area is 270 Å². The van der Waals surface area contributed by atoms with Gasteiger partial charge in [0.1, 0.15) is 6.33 Å². The summed E-state index contributed by atoms with van der Waals surface area (Å²) in [6.45, 7) is 1.54. The summed E-state index contributed by atoms with van der Waals surface area (Å²) < 4.78 is 66.8. The van der Waals surface area contributed by atoms with Crippen LogP contribution < -0.4 is 10.6 Å². The van der Waals surface area contributed by atoms with Crippen LogP contribution in [0.2, 0.25) is 5.02 Å². The molecule has 2 amide bonds. The number of carbonyl (C=O) groups is 2. The molecule has 3 fully saturated rings. The molecule has 0 aliphatic carbocycles. The average Bonchev–Trinajstić information content (AvgIpc) is 3.42. The number of sulfonamides is 1. The summed E-state index contributed by atoms with van der Waals surface area (Å²) in [6.07, 6.45) is 4.81. The maximum absolute atomic E-state index is 14.0. The Morgan fingerprint density at radius 3 is 2.30 bits per heavy atom. The molecule has 2 unspecified atom stereocenters. The Hall–Kier alpha value is -3.07. The lowest BCUT2D eigenvalue weighted by Crippen LogP contribution is -2.54. The van der Waals surface area contributed by atoms with Crippen LogP contribution in [0.3, 0.4) is 0 Å². The van der Waals surface area contributed by atoms with Gasteiger partial charge in [0.2, 0.25) is 15.9 Å². The topological polar surface area (TPSA) is 130 Å². The Bertz CT molecular complexity index is 1620. The zero-order valence-electron chi connectivity index (χ0n) is 25.1. The summed E-state index contributed by atoms with van der Waals surface area (Å²) >= 11 is 6.45. The smallest absolute Gasteiger partial charge is 0.366 e. The van der Waals surface area contributed by atoms with E-state index in [2.05, 4.69) is 9.97 Å². The molecule has 5 heterocycles. The van der Waals surface area contributed by atoms with Gasteiger partial charge in [-0.25, -0.2) is 18.4 Å². The minimum absolute atomic E-state index is 0.0179. The number of primary amides is 1. The number of halogens is 4. The monoisotopic (exact) mass is 680 g/mol. The number of likely N-dealkylation sites (tertiary alicyclic amines) is 1. The van der Waals surface area contributed by atoms with E-state index < -0.39 is 28.5 Å². The van der Waals surface area contributed by atoms with Gasteiger partial charge in [-0.05, 0) is 88.7 Å². The van der Waals surface area contributed by atoms with Gasteiger partial charge >= 0.3 is 6.18 Å². The van der Waals surface area contributed by atoms with Crippen LogP contribution in [0.15, 0.2) is 30.9 Å². The van der Waals surface area contributed by atoms with Crippen molar-refractivity contribution in [1.29, 1.82) is 0 Å². The zero-order valence-corrected chi connectivity index (χ0v) is 26.7. The highest BCUT2D eigenvalue weighted by atomic mass is 35.5. The lowest BCUT2D eigenvalue weighted by atomic mass is 9.97. The van der Waals surface area contributed by atoms with Gasteiger partial charge < -0.3 is 15.5 Å². The van der Waals surface area contributed by atoms with Crippen molar-refractivity contribution in [1.82, 2.24) is 19.2 Å². The van der Waals surface area contributed by atoms with Gasteiger partial charge in [-0.3, -0.25) is 9.59 Å². The van der Waals surface area contributed by atoms with E-state index in [1.54, 1.807) is 33.7 Å². The van der Waals surface area contributed by atoms with E-state index in [4.69, 9.17) is 17.3 Å². The number of hydrogen-bond donors (Lipinski definition) is 1. The Morgan fingerprint density at radius 2 is 1.70 bits per heavy atom. The minimum Gasteiger partial charge on any atom is -0.366 e. The fourth-order valence-corrected chi connectivity index (χ4v) is 10.3. The normalized spacial score (nSPS) is 25.4. The summed E-state index contributed by atoms with van der Waals surface area (Å²) in [5.41, 5.74) is 7.66. The van der Waals surface area contributed by atoms with Crippen LogP contribution in [0.1, 0.15) is 72.9 Å². The van der Waals surface area contributed by atoms with Crippen LogP contribution in [0.5, 0.6) is 0 Å². The van der Waals surface area contributed by atoms with Crippen molar-refractivity contribution in [3.05, 3.63) is 52.6 Å². The average molecular weight is 681 g/mol.